The molecule has 3 rings (SSSR count). The Morgan fingerprint density at radius 1 is 1.23 bits per heavy atom. The van der Waals surface area contributed by atoms with Crippen molar-refractivity contribution in [3.63, 3.8) is 0 Å². The van der Waals surface area contributed by atoms with E-state index in [1.807, 2.05) is 30.3 Å². The molecule has 7 nitrogen and oxygen atoms in total. The summed E-state index contributed by atoms with van der Waals surface area (Å²) in [5, 5.41) is 10.7. The Morgan fingerprint density at radius 2 is 1.97 bits per heavy atom. The first-order valence-corrected chi connectivity index (χ1v) is 9.67. The number of halogens is 2. The summed E-state index contributed by atoms with van der Waals surface area (Å²) in [7, 11) is 0. The molecular formula is C21H20ClFN4O3. The minimum absolute atomic E-state index is 0.0235. The van der Waals surface area contributed by atoms with Crippen molar-refractivity contribution < 1.29 is 18.7 Å². The first kappa shape index (κ1) is 21.4. The molecule has 0 bridgehead atoms. The number of ether oxygens (including phenoxy) is 1. The number of nitrogens with one attached hydrogen (secondary N) is 1. The van der Waals surface area contributed by atoms with Crippen LogP contribution in [0.1, 0.15) is 41.1 Å². The van der Waals surface area contributed by atoms with Gasteiger partial charge in [-0.1, -0.05) is 47.1 Å². The highest BCUT2D eigenvalue weighted by Crippen LogP contribution is 2.21. The molecule has 1 heterocycles. The second-order valence-corrected chi connectivity index (χ2v) is 6.89. The van der Waals surface area contributed by atoms with Crippen LogP contribution in [0.4, 0.5) is 4.39 Å². The molecule has 0 saturated carbocycles. The van der Waals surface area contributed by atoms with Crippen LogP contribution in [0.25, 0.3) is 5.69 Å². The highest BCUT2D eigenvalue weighted by Gasteiger charge is 2.24. The molecule has 0 aliphatic rings. The molecule has 0 fully saturated rings. The normalized spacial score (nSPS) is 11.7. The van der Waals surface area contributed by atoms with Crippen molar-refractivity contribution in [2.45, 2.75) is 26.3 Å². The molecule has 2 aromatic carbocycles. The Balaban J connectivity index is 1.84. The molecule has 1 aromatic heterocycles. The summed E-state index contributed by atoms with van der Waals surface area (Å²) >= 11 is 5.84. The van der Waals surface area contributed by atoms with Crippen LogP contribution < -0.4 is 5.32 Å². The maximum atomic E-state index is 13.4. The second kappa shape index (κ2) is 9.49. The molecule has 9 heteroatoms. The average molecular weight is 431 g/mol. The van der Waals surface area contributed by atoms with Crippen LogP contribution in [0.15, 0.2) is 48.5 Å². The van der Waals surface area contributed by atoms with E-state index in [1.165, 1.54) is 22.9 Å². The number of aromatic nitrogens is 3. The lowest BCUT2D eigenvalue weighted by Crippen LogP contribution is -2.31. The molecule has 1 N–H and O–H groups in total. The highest BCUT2D eigenvalue weighted by molar-refractivity contribution is 6.30. The molecule has 1 atom stereocenters. The number of esters is 1. The summed E-state index contributed by atoms with van der Waals surface area (Å²) in [6.45, 7) is 3.63. The Hall–Kier alpha value is -3.26. The van der Waals surface area contributed by atoms with Gasteiger partial charge in [0, 0.05) is 0 Å². The first-order chi connectivity index (χ1) is 14.4. The van der Waals surface area contributed by atoms with Gasteiger partial charge in [0.05, 0.1) is 35.5 Å². The zero-order chi connectivity index (χ0) is 21.7. The van der Waals surface area contributed by atoms with Gasteiger partial charge in [-0.2, -0.15) is 0 Å². The Bertz CT molecular complexity index is 1060. The van der Waals surface area contributed by atoms with Crippen molar-refractivity contribution in [2.75, 3.05) is 6.61 Å². The van der Waals surface area contributed by atoms with Crippen molar-refractivity contribution in [3.8, 4) is 5.69 Å². The number of amides is 1. The molecule has 0 radical (unpaired) electrons. The van der Waals surface area contributed by atoms with Gasteiger partial charge in [-0.3, -0.25) is 9.59 Å². The maximum Gasteiger partial charge on any atom is 0.308 e. The van der Waals surface area contributed by atoms with E-state index >= 15 is 0 Å². The maximum absolute atomic E-state index is 13.4. The summed E-state index contributed by atoms with van der Waals surface area (Å²) in [6, 6.07) is 12.6. The number of rotatable bonds is 7. The molecule has 3 aromatic rings. The zero-order valence-electron chi connectivity index (χ0n) is 16.4. The van der Waals surface area contributed by atoms with Crippen LogP contribution >= 0.6 is 11.6 Å². The minimum atomic E-state index is -0.595. The van der Waals surface area contributed by atoms with Crippen molar-refractivity contribution in [3.05, 3.63) is 76.3 Å². The molecule has 1 unspecified atom stereocenters. The molecule has 156 valence electrons. The van der Waals surface area contributed by atoms with E-state index in [1.54, 1.807) is 13.8 Å². The summed E-state index contributed by atoms with van der Waals surface area (Å²) in [5.74, 6) is -1.47. The first-order valence-electron chi connectivity index (χ1n) is 9.29. The van der Waals surface area contributed by atoms with E-state index in [9.17, 15) is 14.0 Å². The molecule has 0 aliphatic heterocycles. The quantitative estimate of drug-likeness (QED) is 0.576. The van der Waals surface area contributed by atoms with Crippen LogP contribution in [0, 0.1) is 12.7 Å². The zero-order valence-corrected chi connectivity index (χ0v) is 17.2. The van der Waals surface area contributed by atoms with Gasteiger partial charge in [-0.05, 0) is 37.6 Å². The summed E-state index contributed by atoms with van der Waals surface area (Å²) in [6.07, 6.45) is -0.0235. The van der Waals surface area contributed by atoms with Crippen LogP contribution in [-0.2, 0) is 9.53 Å². The summed E-state index contributed by atoms with van der Waals surface area (Å²) in [5.41, 5.74) is 1.75. The third-order valence-electron chi connectivity index (χ3n) is 4.44. The third kappa shape index (κ3) is 4.83. The molecule has 0 aliphatic carbocycles. The Kier molecular flexibility index (Phi) is 6.79. The monoisotopic (exact) mass is 430 g/mol. The summed E-state index contributed by atoms with van der Waals surface area (Å²) in [4.78, 5) is 24.9. The minimum Gasteiger partial charge on any atom is -0.466 e. The highest BCUT2D eigenvalue weighted by atomic mass is 35.5. The number of hydrogen-bond acceptors (Lipinski definition) is 5. The molecule has 1 amide bonds. The van der Waals surface area contributed by atoms with Gasteiger partial charge in [0.15, 0.2) is 5.69 Å². The van der Waals surface area contributed by atoms with E-state index in [4.69, 9.17) is 16.3 Å². The molecule has 30 heavy (non-hydrogen) atoms. The van der Waals surface area contributed by atoms with Gasteiger partial charge in [0.1, 0.15) is 5.82 Å². The second-order valence-electron chi connectivity index (χ2n) is 6.48. The van der Waals surface area contributed by atoms with Crippen molar-refractivity contribution in [1.29, 1.82) is 0 Å². The van der Waals surface area contributed by atoms with Gasteiger partial charge in [0.2, 0.25) is 0 Å². The van der Waals surface area contributed by atoms with Crippen LogP contribution in [0.5, 0.6) is 0 Å². The Labute approximate surface area is 177 Å². The predicted molar refractivity (Wildman–Crippen MR) is 109 cm³/mol. The number of carbonyl (C=O) groups is 2. The lowest BCUT2D eigenvalue weighted by Gasteiger charge is -2.18. The topological polar surface area (TPSA) is 86.1 Å². The average Bonchev–Trinajstić information content (AvgIpc) is 3.12. The number of nitrogens with zero attached hydrogens (tertiary/aromatic N) is 3. The van der Waals surface area contributed by atoms with Gasteiger partial charge in [-0.15, -0.1) is 5.10 Å². The van der Waals surface area contributed by atoms with Crippen LogP contribution in [-0.4, -0.2) is 33.5 Å². The molecular weight excluding hydrogens is 411 g/mol. The van der Waals surface area contributed by atoms with Crippen LogP contribution in [0.3, 0.4) is 0 Å². The van der Waals surface area contributed by atoms with Crippen molar-refractivity contribution >= 4 is 23.5 Å². The van der Waals surface area contributed by atoms with Gasteiger partial charge < -0.3 is 10.1 Å². The summed E-state index contributed by atoms with van der Waals surface area (Å²) < 4.78 is 19.8. The smallest absolute Gasteiger partial charge is 0.308 e. The SMILES string of the molecule is CCOC(=O)CC(NC(=O)c1nnn(-c2ccc(F)c(Cl)c2)c1C)c1ccccc1. The van der Waals surface area contributed by atoms with E-state index < -0.39 is 23.7 Å². The Morgan fingerprint density at radius 3 is 2.63 bits per heavy atom. The van der Waals surface area contributed by atoms with E-state index in [0.717, 1.165) is 5.56 Å². The van der Waals surface area contributed by atoms with Crippen molar-refractivity contribution in [1.82, 2.24) is 20.3 Å². The van der Waals surface area contributed by atoms with Gasteiger partial charge in [0.25, 0.3) is 5.91 Å². The van der Waals surface area contributed by atoms with Gasteiger partial charge >= 0.3 is 5.97 Å². The third-order valence-corrected chi connectivity index (χ3v) is 4.73. The number of hydrogen-bond donors (Lipinski definition) is 1. The van der Waals surface area contributed by atoms with E-state index in [2.05, 4.69) is 15.6 Å². The molecule has 0 saturated heterocycles. The van der Waals surface area contributed by atoms with Crippen molar-refractivity contribution in [2.24, 2.45) is 0 Å². The van der Waals surface area contributed by atoms with E-state index in [-0.39, 0.29) is 23.7 Å². The fourth-order valence-corrected chi connectivity index (χ4v) is 3.13. The van der Waals surface area contributed by atoms with Crippen LogP contribution in [0.2, 0.25) is 5.02 Å². The standard InChI is InChI=1S/C21H20ClFN4O3/c1-3-30-19(28)12-18(14-7-5-4-6-8-14)24-21(29)20-13(2)27(26-25-20)15-9-10-17(23)16(22)11-15/h4-11,18H,3,12H2,1-2H3,(H,24,29). The fraction of sp³-hybridized carbons (Fsp3) is 0.238. The fourth-order valence-electron chi connectivity index (χ4n) is 2.95. The van der Waals surface area contributed by atoms with E-state index in [0.29, 0.717) is 11.4 Å². The lowest BCUT2D eigenvalue weighted by atomic mass is 10.0. The predicted octanol–water partition coefficient (Wildman–Crippen LogP) is 3.79. The van der Waals surface area contributed by atoms with Gasteiger partial charge in [-0.25, -0.2) is 9.07 Å². The molecule has 0 spiro atoms. The number of carbonyl (C=O) groups excluding carboxylic acids is 2. The lowest BCUT2D eigenvalue weighted by molar-refractivity contribution is -0.143. The largest absolute Gasteiger partial charge is 0.466 e. The number of benzene rings is 2.